The highest BCUT2D eigenvalue weighted by atomic mass is 32.2. The van der Waals surface area contributed by atoms with E-state index in [2.05, 4.69) is 18.7 Å². The van der Waals surface area contributed by atoms with Gasteiger partial charge in [-0.05, 0) is 126 Å². The Morgan fingerprint density at radius 3 is 1.80 bits per heavy atom. The standard InChI is InChI=1S/C44H34O16S4/c1-27-3-17-37(24-41(27)61-59-57-46)63(48,49)38-18-20-40(43(25-38)64(50,51)52)56-39-19-16-35(23-42(39)62-60-58-47)54-26-28-4-6-29(7-5-28)44(45)30-8-12-33(13-9-30)55-36-15-11-31-21-34(53-2)14-10-32(31)22-36/h3-25,46-47H,26H2,1-2H3,(H,50,51,52). The first-order valence-electron chi connectivity index (χ1n) is 18.5. The van der Waals surface area contributed by atoms with Crippen molar-refractivity contribution in [2.24, 2.45) is 0 Å². The van der Waals surface area contributed by atoms with E-state index in [9.17, 15) is 26.2 Å². The molecule has 0 aliphatic rings. The molecule has 20 heteroatoms. The van der Waals surface area contributed by atoms with Gasteiger partial charge in [-0.1, -0.05) is 52.5 Å². The molecule has 64 heavy (non-hydrogen) atoms. The van der Waals surface area contributed by atoms with Gasteiger partial charge in [-0.3, -0.25) is 9.35 Å². The Hall–Kier alpha value is -6.01. The van der Waals surface area contributed by atoms with Gasteiger partial charge in [0.05, 0.1) is 45.9 Å². The molecule has 0 aliphatic heterocycles. The molecule has 3 N–H and O–H groups in total. The van der Waals surface area contributed by atoms with Gasteiger partial charge >= 0.3 is 0 Å². The molecule has 0 bridgehead atoms. The SMILES string of the molecule is COc1ccc2cc(Oc3ccc(C(=O)c4ccc(COc5ccc(Oc6ccc(S(=O)(=O)c7ccc(C)c(SOOO)c7)cc6S(=O)(=O)O)c(SOOO)c5)cc4)cc3)ccc2c1. The van der Waals surface area contributed by atoms with Crippen molar-refractivity contribution in [3.8, 4) is 34.5 Å². The zero-order valence-corrected chi connectivity index (χ0v) is 36.5. The molecule has 0 saturated heterocycles. The molecular formula is C44H34O16S4. The van der Waals surface area contributed by atoms with Crippen LogP contribution in [0.4, 0.5) is 0 Å². The second-order valence-corrected chi connectivity index (χ2v) is 18.3. The third kappa shape index (κ3) is 11.0. The molecule has 0 unspecified atom stereocenters. The van der Waals surface area contributed by atoms with E-state index in [0.29, 0.717) is 57.8 Å². The van der Waals surface area contributed by atoms with Crippen LogP contribution in [-0.4, -0.2) is 44.8 Å². The van der Waals surface area contributed by atoms with Crippen molar-refractivity contribution in [1.29, 1.82) is 0 Å². The van der Waals surface area contributed by atoms with E-state index in [-0.39, 0.29) is 38.6 Å². The second kappa shape index (κ2) is 20.2. The summed E-state index contributed by atoms with van der Waals surface area (Å²) in [6, 6.07) is 36.2. The van der Waals surface area contributed by atoms with Crippen molar-refractivity contribution in [2.45, 2.75) is 38.0 Å². The zero-order valence-electron chi connectivity index (χ0n) is 33.3. The van der Waals surface area contributed by atoms with Crippen molar-refractivity contribution in [2.75, 3.05) is 7.11 Å². The van der Waals surface area contributed by atoms with Crippen LogP contribution in [0.3, 0.4) is 0 Å². The van der Waals surface area contributed by atoms with Gasteiger partial charge in [0.1, 0.15) is 46.0 Å². The molecule has 0 aliphatic carbocycles. The molecule has 7 rings (SSSR count). The van der Waals surface area contributed by atoms with Gasteiger partial charge in [0.15, 0.2) is 5.78 Å². The Kier molecular flexibility index (Phi) is 14.5. The average Bonchev–Trinajstić information content (AvgIpc) is 3.30. The van der Waals surface area contributed by atoms with E-state index in [1.165, 1.54) is 36.4 Å². The molecule has 7 aromatic rings. The van der Waals surface area contributed by atoms with Gasteiger partial charge in [-0.2, -0.15) is 8.42 Å². The maximum absolute atomic E-state index is 13.6. The summed E-state index contributed by atoms with van der Waals surface area (Å²) in [5, 5.41) is 26.7. The molecular weight excluding hydrogens is 913 g/mol. The molecule has 0 radical (unpaired) electrons. The van der Waals surface area contributed by atoms with Gasteiger partial charge in [0.25, 0.3) is 10.1 Å². The van der Waals surface area contributed by atoms with E-state index in [1.807, 2.05) is 36.4 Å². The van der Waals surface area contributed by atoms with E-state index in [0.717, 1.165) is 34.7 Å². The van der Waals surface area contributed by atoms with Gasteiger partial charge in [0, 0.05) is 16.0 Å². The maximum atomic E-state index is 13.6. The highest BCUT2D eigenvalue weighted by Crippen LogP contribution is 2.40. The van der Waals surface area contributed by atoms with E-state index < -0.39 is 35.5 Å². The number of ketones is 1. The van der Waals surface area contributed by atoms with Crippen molar-refractivity contribution < 1.29 is 74.4 Å². The van der Waals surface area contributed by atoms with Crippen LogP contribution in [-0.2, 0) is 45.3 Å². The fourth-order valence-electron chi connectivity index (χ4n) is 6.15. The summed E-state index contributed by atoms with van der Waals surface area (Å²) < 4.78 is 94.5. The molecule has 330 valence electrons. The van der Waals surface area contributed by atoms with Gasteiger partial charge in [-0.25, -0.2) is 18.9 Å². The molecule has 16 nitrogen and oxygen atoms in total. The lowest BCUT2D eigenvalue weighted by atomic mass is 10.0. The van der Waals surface area contributed by atoms with E-state index in [1.54, 1.807) is 62.6 Å². The number of rotatable bonds is 19. The van der Waals surface area contributed by atoms with Crippen LogP contribution in [0.2, 0.25) is 0 Å². The Balaban J connectivity index is 1.01. The zero-order chi connectivity index (χ0) is 45.4. The minimum atomic E-state index is -5.08. The van der Waals surface area contributed by atoms with Crippen molar-refractivity contribution in [1.82, 2.24) is 0 Å². The minimum absolute atomic E-state index is 0.0523. The first-order chi connectivity index (χ1) is 30.7. The lowest BCUT2D eigenvalue weighted by Gasteiger charge is -2.15. The summed E-state index contributed by atoms with van der Waals surface area (Å²) in [7, 11) is -7.84. The number of benzene rings is 7. The first-order valence-corrected chi connectivity index (χ1v) is 22.9. The Morgan fingerprint density at radius 1 is 0.578 bits per heavy atom. The summed E-state index contributed by atoms with van der Waals surface area (Å²) in [4.78, 5) is 12.0. The predicted octanol–water partition coefficient (Wildman–Crippen LogP) is 10.5. The first kappa shape index (κ1) is 46.0. The normalized spacial score (nSPS) is 11.6. The number of fused-ring (bicyclic) bond motifs is 1. The van der Waals surface area contributed by atoms with Crippen LogP contribution in [0.5, 0.6) is 34.5 Å². The Bertz CT molecular complexity index is 3030. The Labute approximate surface area is 374 Å². The highest BCUT2D eigenvalue weighted by Gasteiger charge is 2.26. The maximum Gasteiger partial charge on any atom is 0.298 e. The molecule has 0 saturated carbocycles. The van der Waals surface area contributed by atoms with Gasteiger partial charge in [0.2, 0.25) is 9.84 Å². The predicted molar refractivity (Wildman–Crippen MR) is 232 cm³/mol. The van der Waals surface area contributed by atoms with Gasteiger partial charge < -0.3 is 18.9 Å². The van der Waals surface area contributed by atoms with Crippen LogP contribution in [0.25, 0.3) is 10.8 Å². The van der Waals surface area contributed by atoms with Crippen LogP contribution >= 0.6 is 24.1 Å². The minimum Gasteiger partial charge on any atom is -0.497 e. The number of hydrogen-bond acceptors (Lipinski definition) is 17. The highest BCUT2D eigenvalue weighted by molar-refractivity contribution is 7.95. The fraction of sp³-hybridized carbons (Fsp3) is 0.0682. The molecule has 0 spiro atoms. The number of ether oxygens (including phenoxy) is 4. The van der Waals surface area contributed by atoms with E-state index >= 15 is 0 Å². The molecule has 0 heterocycles. The monoisotopic (exact) mass is 946 g/mol. The molecule has 7 aromatic carbocycles. The van der Waals surface area contributed by atoms with Crippen molar-refractivity contribution >= 4 is 60.6 Å². The Morgan fingerprint density at radius 2 is 1.14 bits per heavy atom. The second-order valence-electron chi connectivity index (χ2n) is 13.5. The quantitative estimate of drug-likeness (QED) is 0.0226. The van der Waals surface area contributed by atoms with E-state index in [4.69, 9.17) is 29.5 Å². The molecule has 0 amide bonds. The smallest absolute Gasteiger partial charge is 0.298 e. The summed E-state index contributed by atoms with van der Waals surface area (Å²) >= 11 is 1.00. The topological polar surface area (TPSA) is 220 Å². The molecule has 0 aromatic heterocycles. The molecule has 0 fully saturated rings. The number of hydrogen-bond donors (Lipinski definition) is 3. The van der Waals surface area contributed by atoms with Crippen molar-refractivity contribution in [3.63, 3.8) is 0 Å². The summed E-state index contributed by atoms with van der Waals surface area (Å²) in [5.74, 6) is 1.52. The third-order valence-electron chi connectivity index (χ3n) is 9.41. The lowest BCUT2D eigenvalue weighted by Crippen LogP contribution is -2.07. The van der Waals surface area contributed by atoms with Crippen LogP contribution < -0.4 is 18.9 Å². The average molecular weight is 947 g/mol. The summed E-state index contributed by atoms with van der Waals surface area (Å²) in [6.45, 7) is 1.70. The van der Waals surface area contributed by atoms with Crippen molar-refractivity contribution in [3.05, 3.63) is 162 Å². The number of sulfone groups is 1. The number of methoxy groups -OCH3 is 1. The number of carbonyl (C=O) groups is 1. The largest absolute Gasteiger partial charge is 0.497 e. The number of aryl methyl sites for hydroxylation is 1. The summed E-state index contributed by atoms with van der Waals surface area (Å²) in [5.41, 5.74) is 2.20. The molecule has 0 atom stereocenters. The van der Waals surface area contributed by atoms with Gasteiger partial charge in [-0.15, -0.1) is 8.67 Å². The third-order valence-corrected chi connectivity index (χ3v) is 13.4. The number of carbonyl (C=O) groups excluding carboxylic acids is 1. The van der Waals surface area contributed by atoms with Crippen LogP contribution in [0, 0.1) is 6.92 Å². The lowest BCUT2D eigenvalue weighted by molar-refractivity contribution is -0.432. The van der Waals surface area contributed by atoms with Crippen LogP contribution in [0.15, 0.2) is 164 Å². The fourth-order valence-corrected chi connectivity index (χ4v) is 9.19. The summed E-state index contributed by atoms with van der Waals surface area (Å²) in [6.07, 6.45) is 0. The van der Waals surface area contributed by atoms with Crippen LogP contribution in [0.1, 0.15) is 27.0 Å².